The van der Waals surface area contributed by atoms with Crippen LogP contribution in [0.15, 0.2) is 0 Å². The summed E-state index contributed by atoms with van der Waals surface area (Å²) < 4.78 is 0. The predicted molar refractivity (Wildman–Crippen MR) is 84.9 cm³/mol. The van der Waals surface area contributed by atoms with Gasteiger partial charge < -0.3 is 5.11 Å². The smallest absolute Gasteiger partial charge is 0.303 e. The quantitative estimate of drug-likeness (QED) is 0.486. The van der Waals surface area contributed by atoms with E-state index < -0.39 is 5.97 Å². The lowest BCUT2D eigenvalue weighted by Gasteiger charge is -2.28. The largest absolute Gasteiger partial charge is 0.481 e. The molecule has 0 spiro atoms. The first-order chi connectivity index (χ1) is 9.70. The number of rotatable bonds is 11. The van der Waals surface area contributed by atoms with E-state index in [0.717, 1.165) is 24.7 Å². The van der Waals surface area contributed by atoms with Crippen molar-refractivity contribution >= 4 is 5.97 Å². The minimum Gasteiger partial charge on any atom is -0.481 e. The molecule has 2 heteroatoms. The Labute approximate surface area is 125 Å². The topological polar surface area (TPSA) is 37.3 Å². The summed E-state index contributed by atoms with van der Waals surface area (Å²) in [6.07, 6.45) is 17.7. The van der Waals surface area contributed by atoms with Crippen LogP contribution in [0.5, 0.6) is 0 Å². The fourth-order valence-electron chi connectivity index (χ4n) is 3.57. The molecule has 0 amide bonds. The van der Waals surface area contributed by atoms with Crippen molar-refractivity contribution in [2.45, 2.75) is 96.8 Å². The zero-order chi connectivity index (χ0) is 14.6. The lowest BCUT2D eigenvalue weighted by Crippen LogP contribution is -2.16. The van der Waals surface area contributed by atoms with Gasteiger partial charge in [0.2, 0.25) is 0 Å². The molecular weight excluding hydrogens is 248 g/mol. The number of hydrogen-bond donors (Lipinski definition) is 1. The second-order valence-electron chi connectivity index (χ2n) is 6.78. The summed E-state index contributed by atoms with van der Waals surface area (Å²) in [6.45, 7) is 2.45. The lowest BCUT2D eigenvalue weighted by atomic mass is 9.78. The maximum atomic E-state index is 10.4. The molecule has 2 nitrogen and oxygen atoms in total. The van der Waals surface area contributed by atoms with Crippen molar-refractivity contribution in [2.75, 3.05) is 0 Å². The normalized spacial score (nSPS) is 22.9. The van der Waals surface area contributed by atoms with Gasteiger partial charge >= 0.3 is 5.97 Å². The van der Waals surface area contributed by atoms with Crippen LogP contribution < -0.4 is 0 Å². The highest BCUT2D eigenvalue weighted by atomic mass is 16.4. The standard InChI is InChI=1S/C18H34O2/c1-16-12-10-11-14-17(16)13-8-6-4-2-3-5-7-9-15-18(19)20/h16-17H,2-15H2,1H3,(H,19,20). The molecule has 0 aromatic rings. The van der Waals surface area contributed by atoms with Gasteiger partial charge in [0.15, 0.2) is 0 Å². The third-order valence-corrected chi connectivity index (χ3v) is 5.00. The van der Waals surface area contributed by atoms with Gasteiger partial charge in [-0.3, -0.25) is 4.79 Å². The van der Waals surface area contributed by atoms with E-state index >= 15 is 0 Å². The van der Waals surface area contributed by atoms with Gasteiger partial charge in [-0.2, -0.15) is 0 Å². The molecule has 0 bridgehead atoms. The highest BCUT2D eigenvalue weighted by Crippen LogP contribution is 2.33. The summed E-state index contributed by atoms with van der Waals surface area (Å²) >= 11 is 0. The van der Waals surface area contributed by atoms with Gasteiger partial charge in [0.05, 0.1) is 0 Å². The van der Waals surface area contributed by atoms with Crippen molar-refractivity contribution in [1.82, 2.24) is 0 Å². The maximum Gasteiger partial charge on any atom is 0.303 e. The van der Waals surface area contributed by atoms with Crippen LogP contribution in [-0.4, -0.2) is 11.1 Å². The molecule has 2 unspecified atom stereocenters. The Kier molecular flexibility index (Phi) is 9.78. The Hall–Kier alpha value is -0.530. The first-order valence-electron chi connectivity index (χ1n) is 8.92. The van der Waals surface area contributed by atoms with E-state index in [9.17, 15) is 4.79 Å². The van der Waals surface area contributed by atoms with E-state index in [2.05, 4.69) is 6.92 Å². The third kappa shape index (κ3) is 8.60. The second kappa shape index (κ2) is 11.2. The Bertz CT molecular complexity index is 250. The Morgan fingerprint density at radius 3 is 2.05 bits per heavy atom. The number of unbranched alkanes of at least 4 members (excludes halogenated alkanes) is 7. The molecule has 118 valence electrons. The summed E-state index contributed by atoms with van der Waals surface area (Å²) in [5.41, 5.74) is 0. The minimum absolute atomic E-state index is 0.347. The predicted octanol–water partition coefficient (Wildman–Crippen LogP) is 5.80. The van der Waals surface area contributed by atoms with Gasteiger partial charge in [0, 0.05) is 6.42 Å². The molecular formula is C18H34O2. The molecule has 1 aliphatic carbocycles. The van der Waals surface area contributed by atoms with Crippen LogP contribution in [0.25, 0.3) is 0 Å². The number of carbonyl (C=O) groups is 1. The highest BCUT2D eigenvalue weighted by molar-refractivity contribution is 5.66. The van der Waals surface area contributed by atoms with Crippen LogP contribution in [0, 0.1) is 11.8 Å². The molecule has 1 saturated carbocycles. The van der Waals surface area contributed by atoms with E-state index in [0.29, 0.717) is 6.42 Å². The fourth-order valence-corrected chi connectivity index (χ4v) is 3.57. The van der Waals surface area contributed by atoms with Crippen LogP contribution in [0.4, 0.5) is 0 Å². The van der Waals surface area contributed by atoms with Gasteiger partial charge in [0.1, 0.15) is 0 Å². The van der Waals surface area contributed by atoms with Gasteiger partial charge in [-0.05, 0) is 18.3 Å². The Morgan fingerprint density at radius 2 is 1.45 bits per heavy atom. The Morgan fingerprint density at radius 1 is 0.900 bits per heavy atom. The van der Waals surface area contributed by atoms with E-state index in [1.807, 2.05) is 0 Å². The first-order valence-corrected chi connectivity index (χ1v) is 8.92. The molecule has 0 aliphatic heterocycles. The van der Waals surface area contributed by atoms with Crippen LogP contribution >= 0.6 is 0 Å². The summed E-state index contributed by atoms with van der Waals surface area (Å²) in [7, 11) is 0. The molecule has 0 saturated heterocycles. The molecule has 1 N–H and O–H groups in total. The molecule has 1 fully saturated rings. The lowest BCUT2D eigenvalue weighted by molar-refractivity contribution is -0.137. The van der Waals surface area contributed by atoms with Crippen LogP contribution in [0.1, 0.15) is 96.8 Å². The third-order valence-electron chi connectivity index (χ3n) is 5.00. The van der Waals surface area contributed by atoms with Crippen molar-refractivity contribution in [1.29, 1.82) is 0 Å². The van der Waals surface area contributed by atoms with Crippen molar-refractivity contribution in [2.24, 2.45) is 11.8 Å². The highest BCUT2D eigenvalue weighted by Gasteiger charge is 2.20. The zero-order valence-electron chi connectivity index (χ0n) is 13.4. The van der Waals surface area contributed by atoms with E-state index in [4.69, 9.17) is 5.11 Å². The molecule has 0 aromatic carbocycles. The monoisotopic (exact) mass is 282 g/mol. The summed E-state index contributed by atoms with van der Waals surface area (Å²) in [6, 6.07) is 0. The number of hydrogen-bond acceptors (Lipinski definition) is 1. The molecule has 20 heavy (non-hydrogen) atoms. The molecule has 0 radical (unpaired) electrons. The summed E-state index contributed by atoms with van der Waals surface area (Å²) in [5, 5.41) is 8.54. The van der Waals surface area contributed by atoms with Gasteiger partial charge in [-0.1, -0.05) is 84.0 Å². The Balaban J connectivity index is 1.81. The van der Waals surface area contributed by atoms with Gasteiger partial charge in [-0.15, -0.1) is 0 Å². The SMILES string of the molecule is CC1CCCCC1CCCCCCCCCCC(=O)O. The van der Waals surface area contributed by atoms with Crippen LogP contribution in [0.3, 0.4) is 0 Å². The van der Waals surface area contributed by atoms with Gasteiger partial charge in [-0.25, -0.2) is 0 Å². The molecule has 2 atom stereocenters. The van der Waals surface area contributed by atoms with E-state index in [1.54, 1.807) is 0 Å². The number of carboxylic acids is 1. The summed E-state index contributed by atoms with van der Waals surface area (Å²) in [4.78, 5) is 10.4. The van der Waals surface area contributed by atoms with Crippen LogP contribution in [-0.2, 0) is 4.79 Å². The second-order valence-corrected chi connectivity index (χ2v) is 6.78. The maximum absolute atomic E-state index is 10.4. The first kappa shape index (κ1) is 17.5. The minimum atomic E-state index is -0.651. The number of aliphatic carboxylic acids is 1. The van der Waals surface area contributed by atoms with Gasteiger partial charge in [0.25, 0.3) is 0 Å². The average Bonchev–Trinajstić information content (AvgIpc) is 2.42. The van der Waals surface area contributed by atoms with E-state index in [1.165, 1.54) is 70.6 Å². The van der Waals surface area contributed by atoms with Crippen molar-refractivity contribution in [3.05, 3.63) is 0 Å². The van der Waals surface area contributed by atoms with Crippen molar-refractivity contribution < 1.29 is 9.90 Å². The molecule has 1 rings (SSSR count). The fraction of sp³-hybridized carbons (Fsp3) is 0.944. The molecule has 0 aromatic heterocycles. The summed E-state index contributed by atoms with van der Waals surface area (Å²) in [5.74, 6) is 1.33. The van der Waals surface area contributed by atoms with Crippen molar-refractivity contribution in [3.8, 4) is 0 Å². The zero-order valence-corrected chi connectivity index (χ0v) is 13.4. The average molecular weight is 282 g/mol. The van der Waals surface area contributed by atoms with Crippen molar-refractivity contribution in [3.63, 3.8) is 0 Å². The molecule has 1 aliphatic rings. The molecule has 0 heterocycles. The number of carboxylic acid groups (broad SMARTS) is 1. The van der Waals surface area contributed by atoms with E-state index in [-0.39, 0.29) is 0 Å². The van der Waals surface area contributed by atoms with Crippen LogP contribution in [0.2, 0.25) is 0 Å².